The summed E-state index contributed by atoms with van der Waals surface area (Å²) in [7, 11) is 0. The Morgan fingerprint density at radius 1 is 1.36 bits per heavy atom. The van der Waals surface area contributed by atoms with Crippen molar-refractivity contribution in [2.75, 3.05) is 32.8 Å². The molecule has 1 saturated heterocycles. The molecule has 5 nitrogen and oxygen atoms in total. The molecular formula is C18H28Cl2N2O3. The molecule has 142 valence electrons. The molecule has 1 atom stereocenters. The van der Waals surface area contributed by atoms with Gasteiger partial charge in [-0.25, -0.2) is 0 Å². The SMILES string of the molecule is CCCOc1c(Cl)cc(C(=O)N2CCC(C)(CN)C2)cc1OCC.Cl. The Bertz CT molecular complexity index is 598. The number of nitrogens with zero attached hydrogens (tertiary/aromatic N) is 1. The van der Waals surface area contributed by atoms with Gasteiger partial charge in [0.05, 0.1) is 18.2 Å². The molecule has 0 spiro atoms. The van der Waals surface area contributed by atoms with E-state index in [9.17, 15) is 4.79 Å². The normalized spacial score (nSPS) is 19.5. The number of likely N-dealkylation sites (tertiary alicyclic amines) is 1. The van der Waals surface area contributed by atoms with Gasteiger partial charge < -0.3 is 20.1 Å². The van der Waals surface area contributed by atoms with Gasteiger partial charge in [0.25, 0.3) is 5.91 Å². The van der Waals surface area contributed by atoms with Gasteiger partial charge in [0.15, 0.2) is 11.5 Å². The molecule has 0 aliphatic carbocycles. The molecule has 0 aromatic heterocycles. The highest BCUT2D eigenvalue weighted by Crippen LogP contribution is 2.38. The number of benzene rings is 1. The van der Waals surface area contributed by atoms with Crippen molar-refractivity contribution in [1.29, 1.82) is 0 Å². The maximum atomic E-state index is 12.8. The molecule has 2 rings (SSSR count). The molecule has 1 aromatic rings. The monoisotopic (exact) mass is 390 g/mol. The van der Waals surface area contributed by atoms with Crippen LogP contribution in [0, 0.1) is 5.41 Å². The van der Waals surface area contributed by atoms with E-state index < -0.39 is 0 Å². The summed E-state index contributed by atoms with van der Waals surface area (Å²) in [5.41, 5.74) is 6.34. The number of carbonyl (C=O) groups excluding carboxylic acids is 1. The summed E-state index contributed by atoms with van der Waals surface area (Å²) in [6, 6.07) is 3.39. The van der Waals surface area contributed by atoms with Crippen molar-refractivity contribution < 1.29 is 14.3 Å². The quantitative estimate of drug-likeness (QED) is 0.769. The molecule has 2 N–H and O–H groups in total. The van der Waals surface area contributed by atoms with Crippen LogP contribution in [0.5, 0.6) is 11.5 Å². The van der Waals surface area contributed by atoms with E-state index in [2.05, 4.69) is 6.92 Å². The lowest BCUT2D eigenvalue weighted by atomic mass is 9.90. The second-order valence-corrected chi connectivity index (χ2v) is 6.97. The largest absolute Gasteiger partial charge is 0.490 e. The summed E-state index contributed by atoms with van der Waals surface area (Å²) in [5.74, 6) is 0.977. The van der Waals surface area contributed by atoms with Crippen LogP contribution in [-0.2, 0) is 0 Å². The highest BCUT2D eigenvalue weighted by molar-refractivity contribution is 6.32. The molecular weight excluding hydrogens is 363 g/mol. The minimum Gasteiger partial charge on any atom is -0.490 e. The first-order valence-corrected chi connectivity index (χ1v) is 8.90. The average Bonchev–Trinajstić information content (AvgIpc) is 2.96. The van der Waals surface area contributed by atoms with Crippen LogP contribution in [0.4, 0.5) is 0 Å². The van der Waals surface area contributed by atoms with Gasteiger partial charge in [-0.15, -0.1) is 12.4 Å². The summed E-state index contributed by atoms with van der Waals surface area (Å²) in [6.45, 7) is 9.00. The minimum atomic E-state index is -0.0444. The first kappa shape index (κ1) is 21.9. The van der Waals surface area contributed by atoms with Gasteiger partial charge in [-0.2, -0.15) is 0 Å². The Kier molecular flexibility index (Phi) is 8.32. The maximum Gasteiger partial charge on any atom is 0.254 e. The van der Waals surface area contributed by atoms with Crippen molar-refractivity contribution in [3.63, 3.8) is 0 Å². The van der Waals surface area contributed by atoms with E-state index in [1.54, 1.807) is 12.1 Å². The molecule has 7 heteroatoms. The van der Waals surface area contributed by atoms with Crippen LogP contribution in [0.2, 0.25) is 5.02 Å². The Morgan fingerprint density at radius 3 is 2.64 bits per heavy atom. The van der Waals surface area contributed by atoms with Crippen molar-refractivity contribution >= 4 is 29.9 Å². The molecule has 0 saturated carbocycles. The van der Waals surface area contributed by atoms with E-state index in [1.165, 1.54) is 0 Å². The number of hydrogen-bond donors (Lipinski definition) is 1. The Labute approximate surface area is 161 Å². The van der Waals surface area contributed by atoms with Crippen molar-refractivity contribution in [2.24, 2.45) is 11.1 Å². The van der Waals surface area contributed by atoms with E-state index in [0.717, 1.165) is 12.8 Å². The molecule has 0 radical (unpaired) electrons. The maximum absolute atomic E-state index is 12.8. The minimum absolute atomic E-state index is 0. The van der Waals surface area contributed by atoms with Gasteiger partial charge in [-0.05, 0) is 43.9 Å². The molecule has 1 aliphatic rings. The molecule has 1 amide bonds. The number of amides is 1. The van der Waals surface area contributed by atoms with E-state index in [4.69, 9.17) is 26.8 Å². The second kappa shape index (κ2) is 9.51. The molecule has 0 bridgehead atoms. The predicted octanol–water partition coefficient (Wildman–Crippen LogP) is 3.76. The standard InChI is InChI=1S/C18H27ClN2O3.ClH/c1-4-8-24-16-14(19)9-13(10-15(16)23-5-2)17(22)21-7-6-18(3,11-20)12-21;/h9-10H,4-8,11-12,20H2,1-3H3;1H. The number of carbonyl (C=O) groups is 1. The number of ether oxygens (including phenoxy) is 2. The fourth-order valence-corrected chi connectivity index (χ4v) is 3.11. The molecule has 1 unspecified atom stereocenters. The number of halogens is 2. The molecule has 1 aliphatic heterocycles. The lowest BCUT2D eigenvalue weighted by molar-refractivity contribution is 0.0776. The van der Waals surface area contributed by atoms with Gasteiger partial charge in [0.1, 0.15) is 0 Å². The van der Waals surface area contributed by atoms with Crippen LogP contribution in [0.15, 0.2) is 12.1 Å². The summed E-state index contributed by atoms with van der Waals surface area (Å²) in [5, 5.41) is 0.401. The van der Waals surface area contributed by atoms with Gasteiger partial charge in [-0.3, -0.25) is 4.79 Å². The van der Waals surface area contributed by atoms with Crippen LogP contribution >= 0.6 is 24.0 Å². The smallest absolute Gasteiger partial charge is 0.254 e. The zero-order valence-electron chi connectivity index (χ0n) is 15.1. The van der Waals surface area contributed by atoms with Crippen molar-refractivity contribution in [3.8, 4) is 11.5 Å². The predicted molar refractivity (Wildman–Crippen MR) is 103 cm³/mol. The van der Waals surface area contributed by atoms with Gasteiger partial charge in [-0.1, -0.05) is 25.4 Å². The fraction of sp³-hybridized carbons (Fsp3) is 0.611. The Hall–Kier alpha value is -1.17. The molecule has 1 heterocycles. The van der Waals surface area contributed by atoms with E-state index in [0.29, 0.717) is 54.9 Å². The third-order valence-corrected chi connectivity index (χ3v) is 4.63. The topological polar surface area (TPSA) is 64.8 Å². The van der Waals surface area contributed by atoms with E-state index in [-0.39, 0.29) is 23.7 Å². The van der Waals surface area contributed by atoms with Crippen LogP contribution in [0.3, 0.4) is 0 Å². The van der Waals surface area contributed by atoms with Crippen LogP contribution in [-0.4, -0.2) is 43.7 Å². The lowest BCUT2D eigenvalue weighted by Gasteiger charge is -2.23. The third-order valence-electron chi connectivity index (χ3n) is 4.34. The first-order chi connectivity index (χ1) is 11.4. The zero-order chi connectivity index (χ0) is 17.7. The van der Waals surface area contributed by atoms with Crippen LogP contribution < -0.4 is 15.2 Å². The van der Waals surface area contributed by atoms with Crippen LogP contribution in [0.1, 0.15) is 44.0 Å². The average molecular weight is 391 g/mol. The lowest BCUT2D eigenvalue weighted by Crippen LogP contribution is -2.34. The summed E-state index contributed by atoms with van der Waals surface area (Å²) in [6.07, 6.45) is 1.78. The summed E-state index contributed by atoms with van der Waals surface area (Å²) in [4.78, 5) is 14.6. The fourth-order valence-electron chi connectivity index (χ4n) is 2.84. The number of hydrogen-bond acceptors (Lipinski definition) is 4. The second-order valence-electron chi connectivity index (χ2n) is 6.56. The highest BCUT2D eigenvalue weighted by Gasteiger charge is 2.35. The zero-order valence-corrected chi connectivity index (χ0v) is 16.7. The van der Waals surface area contributed by atoms with Crippen molar-refractivity contribution in [2.45, 2.75) is 33.6 Å². The summed E-state index contributed by atoms with van der Waals surface area (Å²) < 4.78 is 11.3. The molecule has 1 fully saturated rings. The Balaban J connectivity index is 0.00000312. The molecule has 1 aromatic carbocycles. The Morgan fingerprint density at radius 2 is 2.08 bits per heavy atom. The van der Waals surface area contributed by atoms with Crippen molar-refractivity contribution in [3.05, 3.63) is 22.7 Å². The number of nitrogens with two attached hydrogens (primary N) is 1. The van der Waals surface area contributed by atoms with E-state index >= 15 is 0 Å². The summed E-state index contributed by atoms with van der Waals surface area (Å²) >= 11 is 6.34. The van der Waals surface area contributed by atoms with Crippen molar-refractivity contribution in [1.82, 2.24) is 4.90 Å². The van der Waals surface area contributed by atoms with Gasteiger partial charge in [0.2, 0.25) is 0 Å². The number of rotatable bonds is 7. The molecule has 25 heavy (non-hydrogen) atoms. The third kappa shape index (κ3) is 5.16. The van der Waals surface area contributed by atoms with Gasteiger partial charge >= 0.3 is 0 Å². The highest BCUT2D eigenvalue weighted by atomic mass is 35.5. The van der Waals surface area contributed by atoms with E-state index in [1.807, 2.05) is 18.7 Å². The van der Waals surface area contributed by atoms with Crippen LogP contribution in [0.25, 0.3) is 0 Å². The first-order valence-electron chi connectivity index (χ1n) is 8.52. The van der Waals surface area contributed by atoms with Gasteiger partial charge in [0, 0.05) is 18.7 Å².